The molecule has 1 aliphatic heterocycles. The minimum Gasteiger partial charge on any atom is -0.479 e. The second-order valence-corrected chi connectivity index (χ2v) is 5.49. The van der Waals surface area contributed by atoms with Crippen LogP contribution in [0.3, 0.4) is 0 Å². The Morgan fingerprint density at radius 1 is 1.26 bits per heavy atom. The fourth-order valence-electron chi connectivity index (χ4n) is 2.60. The molecule has 1 atom stereocenters. The zero-order valence-corrected chi connectivity index (χ0v) is 14.0. The number of anilines is 1. The highest BCUT2D eigenvalue weighted by Gasteiger charge is 2.33. The van der Waals surface area contributed by atoms with E-state index in [0.29, 0.717) is 30.1 Å². The van der Waals surface area contributed by atoms with Crippen LogP contribution >= 0.6 is 0 Å². The molecule has 0 bridgehead atoms. The number of ketones is 1. The van der Waals surface area contributed by atoms with E-state index in [1.807, 2.05) is 13.8 Å². The first kappa shape index (κ1) is 17.0. The Labute approximate surface area is 136 Å². The number of rotatable bonds is 5. The van der Waals surface area contributed by atoms with Crippen molar-refractivity contribution in [2.24, 2.45) is 0 Å². The number of fused-ring (bicyclic) bond motifs is 1. The van der Waals surface area contributed by atoms with Crippen LogP contribution in [0, 0.1) is 0 Å². The zero-order valence-electron chi connectivity index (χ0n) is 14.0. The maximum absolute atomic E-state index is 12.4. The van der Waals surface area contributed by atoms with Gasteiger partial charge in [-0.3, -0.25) is 19.3 Å². The number of nitrogens with zero attached hydrogens (tertiary/aromatic N) is 2. The summed E-state index contributed by atoms with van der Waals surface area (Å²) < 4.78 is 5.58. The minimum absolute atomic E-state index is 0.0530. The Kier molecular flexibility index (Phi) is 5.03. The third-order valence-corrected chi connectivity index (χ3v) is 3.98. The average Bonchev–Trinajstić information content (AvgIpc) is 2.52. The average molecular weight is 318 g/mol. The number of Topliss-reactive ketones (excluding diaryl/α,β-unsaturated/α-hetero) is 1. The lowest BCUT2D eigenvalue weighted by Crippen LogP contribution is -2.49. The van der Waals surface area contributed by atoms with Crippen molar-refractivity contribution in [3.05, 3.63) is 23.8 Å². The summed E-state index contributed by atoms with van der Waals surface area (Å²) >= 11 is 0. The van der Waals surface area contributed by atoms with Crippen LogP contribution in [0.2, 0.25) is 0 Å². The van der Waals surface area contributed by atoms with Gasteiger partial charge in [0.2, 0.25) is 5.91 Å². The lowest BCUT2D eigenvalue weighted by atomic mass is 10.1. The molecule has 6 heteroatoms. The first-order valence-corrected chi connectivity index (χ1v) is 7.79. The predicted molar refractivity (Wildman–Crippen MR) is 86.8 cm³/mol. The van der Waals surface area contributed by atoms with Crippen molar-refractivity contribution >= 4 is 23.3 Å². The van der Waals surface area contributed by atoms with Gasteiger partial charge in [0.15, 0.2) is 11.9 Å². The summed E-state index contributed by atoms with van der Waals surface area (Å²) in [5.41, 5.74) is 0.955. The summed E-state index contributed by atoms with van der Waals surface area (Å²) in [6.07, 6.45) is -0.657. The summed E-state index contributed by atoms with van der Waals surface area (Å²) in [4.78, 5) is 39.5. The van der Waals surface area contributed by atoms with Crippen molar-refractivity contribution < 1.29 is 19.1 Å². The highest BCUT2D eigenvalue weighted by atomic mass is 16.5. The molecule has 0 aromatic heterocycles. The van der Waals surface area contributed by atoms with Crippen LogP contribution in [-0.4, -0.2) is 48.2 Å². The Morgan fingerprint density at radius 3 is 2.48 bits per heavy atom. The van der Waals surface area contributed by atoms with Crippen LogP contribution in [0.15, 0.2) is 18.2 Å². The molecule has 124 valence electrons. The smallest absolute Gasteiger partial charge is 0.268 e. The first-order chi connectivity index (χ1) is 10.9. The molecule has 0 N–H and O–H groups in total. The fourth-order valence-corrected chi connectivity index (χ4v) is 2.60. The topological polar surface area (TPSA) is 66.9 Å². The van der Waals surface area contributed by atoms with Crippen LogP contribution in [0.1, 0.15) is 38.1 Å². The normalized spacial score (nSPS) is 16.6. The standard InChI is InChI=1S/C17H22N2O4/c1-5-18(6-2)16(21)10-19-14-9-13(11(3)20)7-8-15(14)23-12(4)17(19)22/h7-9,12H,5-6,10H2,1-4H3. The minimum atomic E-state index is -0.657. The highest BCUT2D eigenvalue weighted by molar-refractivity contribution is 6.05. The van der Waals surface area contributed by atoms with E-state index in [2.05, 4.69) is 0 Å². The molecule has 1 aromatic rings. The number of hydrogen-bond acceptors (Lipinski definition) is 4. The van der Waals surface area contributed by atoms with E-state index in [1.54, 1.807) is 30.0 Å². The number of carbonyl (C=O) groups excluding carboxylic acids is 3. The lowest BCUT2D eigenvalue weighted by Gasteiger charge is -2.34. The molecular formula is C17H22N2O4. The van der Waals surface area contributed by atoms with Crippen LogP contribution in [0.5, 0.6) is 5.75 Å². The SMILES string of the molecule is CCN(CC)C(=O)CN1C(=O)C(C)Oc2ccc(C(C)=O)cc21. The molecule has 6 nitrogen and oxygen atoms in total. The van der Waals surface area contributed by atoms with Gasteiger partial charge in [-0.2, -0.15) is 0 Å². The zero-order chi connectivity index (χ0) is 17.1. The van der Waals surface area contributed by atoms with Crippen molar-refractivity contribution in [2.75, 3.05) is 24.5 Å². The Balaban J connectivity index is 2.38. The van der Waals surface area contributed by atoms with Gasteiger partial charge in [0.25, 0.3) is 5.91 Å². The molecule has 0 radical (unpaired) electrons. The van der Waals surface area contributed by atoms with Crippen molar-refractivity contribution in [1.82, 2.24) is 4.90 Å². The number of benzene rings is 1. The van der Waals surface area contributed by atoms with Gasteiger partial charge >= 0.3 is 0 Å². The summed E-state index contributed by atoms with van der Waals surface area (Å²) in [7, 11) is 0. The number of ether oxygens (including phenoxy) is 1. The molecule has 1 aromatic carbocycles. The largest absolute Gasteiger partial charge is 0.479 e. The van der Waals surface area contributed by atoms with Crippen molar-refractivity contribution in [1.29, 1.82) is 0 Å². The number of hydrogen-bond donors (Lipinski definition) is 0. The lowest BCUT2D eigenvalue weighted by molar-refractivity contribution is -0.132. The van der Waals surface area contributed by atoms with Gasteiger partial charge < -0.3 is 9.64 Å². The van der Waals surface area contributed by atoms with Crippen LogP contribution in [-0.2, 0) is 9.59 Å². The third kappa shape index (κ3) is 3.36. The third-order valence-electron chi connectivity index (χ3n) is 3.98. The van der Waals surface area contributed by atoms with E-state index in [4.69, 9.17) is 4.74 Å². The Bertz CT molecular complexity index is 637. The Hall–Kier alpha value is -2.37. The van der Waals surface area contributed by atoms with Crippen LogP contribution in [0.25, 0.3) is 0 Å². The molecule has 1 unspecified atom stereocenters. The molecule has 0 aliphatic carbocycles. The maximum atomic E-state index is 12.4. The summed E-state index contributed by atoms with van der Waals surface area (Å²) in [6.45, 7) is 8.02. The fraction of sp³-hybridized carbons (Fsp3) is 0.471. The highest BCUT2D eigenvalue weighted by Crippen LogP contribution is 2.35. The van der Waals surface area contributed by atoms with Gasteiger partial charge in [-0.05, 0) is 45.9 Å². The van der Waals surface area contributed by atoms with E-state index in [0.717, 1.165) is 0 Å². The van der Waals surface area contributed by atoms with E-state index >= 15 is 0 Å². The van der Waals surface area contributed by atoms with E-state index in [9.17, 15) is 14.4 Å². The number of carbonyl (C=O) groups is 3. The summed E-state index contributed by atoms with van der Waals surface area (Å²) in [5.74, 6) is -0.00123. The molecular weight excluding hydrogens is 296 g/mol. The second-order valence-electron chi connectivity index (χ2n) is 5.49. The predicted octanol–water partition coefficient (Wildman–Crippen LogP) is 1.87. The van der Waals surface area contributed by atoms with E-state index in [-0.39, 0.29) is 24.1 Å². The number of amides is 2. The van der Waals surface area contributed by atoms with Gasteiger partial charge in [0.05, 0.1) is 5.69 Å². The van der Waals surface area contributed by atoms with Gasteiger partial charge in [-0.1, -0.05) is 0 Å². The van der Waals surface area contributed by atoms with Crippen molar-refractivity contribution in [2.45, 2.75) is 33.8 Å². The van der Waals surface area contributed by atoms with E-state index < -0.39 is 6.10 Å². The monoisotopic (exact) mass is 318 g/mol. The number of likely N-dealkylation sites (N-methyl/N-ethyl adjacent to an activating group) is 1. The summed E-state index contributed by atoms with van der Waals surface area (Å²) in [6, 6.07) is 4.94. The van der Waals surface area contributed by atoms with Crippen LogP contribution < -0.4 is 9.64 Å². The molecule has 23 heavy (non-hydrogen) atoms. The Morgan fingerprint density at radius 2 is 1.91 bits per heavy atom. The molecule has 1 aliphatic rings. The van der Waals surface area contributed by atoms with E-state index in [1.165, 1.54) is 11.8 Å². The van der Waals surface area contributed by atoms with Gasteiger partial charge in [0.1, 0.15) is 12.3 Å². The molecule has 0 fully saturated rings. The second kappa shape index (κ2) is 6.81. The molecule has 1 heterocycles. The molecule has 0 saturated carbocycles. The van der Waals surface area contributed by atoms with Crippen molar-refractivity contribution in [3.8, 4) is 5.75 Å². The van der Waals surface area contributed by atoms with Gasteiger partial charge in [0, 0.05) is 18.7 Å². The molecule has 2 rings (SSSR count). The maximum Gasteiger partial charge on any atom is 0.268 e. The molecule has 0 saturated heterocycles. The van der Waals surface area contributed by atoms with Gasteiger partial charge in [-0.15, -0.1) is 0 Å². The first-order valence-electron chi connectivity index (χ1n) is 7.79. The quantitative estimate of drug-likeness (QED) is 0.777. The molecule has 2 amide bonds. The van der Waals surface area contributed by atoms with Crippen molar-refractivity contribution in [3.63, 3.8) is 0 Å². The molecule has 0 spiro atoms. The van der Waals surface area contributed by atoms with Crippen LogP contribution in [0.4, 0.5) is 5.69 Å². The van der Waals surface area contributed by atoms with Gasteiger partial charge in [-0.25, -0.2) is 0 Å². The summed E-state index contributed by atoms with van der Waals surface area (Å²) in [5, 5.41) is 0.